The molecule has 1 heterocycles. The fraction of sp³-hybridized carbons (Fsp3) is 0.294. The first kappa shape index (κ1) is 18.6. The molecule has 0 aromatic heterocycles. The fourth-order valence-corrected chi connectivity index (χ4v) is 3.05. The molecule has 3 rings (SSSR count). The number of carbonyl (C=O) groups excluding carboxylic acids is 2. The Morgan fingerprint density at radius 1 is 1.15 bits per heavy atom. The minimum Gasteiger partial charge on any atom is -0.372 e. The zero-order chi connectivity index (χ0) is 19.8. The molecule has 0 radical (unpaired) electrons. The Bertz CT molecular complexity index is 820. The molecule has 3 unspecified atom stereocenters. The Morgan fingerprint density at radius 3 is 2.26 bits per heavy atom. The summed E-state index contributed by atoms with van der Waals surface area (Å²) in [5, 5.41) is 12.9. The first-order valence-electron chi connectivity index (χ1n) is 7.96. The van der Waals surface area contributed by atoms with Gasteiger partial charge in [-0.05, 0) is 6.07 Å². The van der Waals surface area contributed by atoms with E-state index in [9.17, 15) is 32.9 Å². The molecule has 1 aliphatic carbocycles. The quantitative estimate of drug-likeness (QED) is 0.481. The summed E-state index contributed by atoms with van der Waals surface area (Å²) in [7, 11) is 0. The highest BCUT2D eigenvalue weighted by molar-refractivity contribution is 6.07. The number of carbonyl (C=O) groups is 2. The van der Waals surface area contributed by atoms with Crippen LogP contribution in [0.15, 0.2) is 48.6 Å². The van der Waals surface area contributed by atoms with Crippen molar-refractivity contribution in [2.24, 2.45) is 11.8 Å². The van der Waals surface area contributed by atoms with Crippen molar-refractivity contribution in [3.05, 3.63) is 58.7 Å². The third-order valence-electron chi connectivity index (χ3n) is 4.40. The van der Waals surface area contributed by atoms with E-state index in [0.717, 1.165) is 12.1 Å². The molecule has 3 atom stereocenters. The molecule has 7 nitrogen and oxygen atoms in total. The Morgan fingerprint density at radius 2 is 1.74 bits per heavy atom. The Hall–Kier alpha value is -3.17. The number of nitrogens with one attached hydrogen (secondary N) is 1. The van der Waals surface area contributed by atoms with Crippen molar-refractivity contribution in [1.82, 2.24) is 4.90 Å². The molecule has 1 saturated heterocycles. The number of nitrogens with zero attached hydrogens (tertiary/aromatic N) is 2. The van der Waals surface area contributed by atoms with E-state index in [1.807, 2.05) is 0 Å². The number of hydrogen-bond donors (Lipinski definition) is 1. The van der Waals surface area contributed by atoms with Gasteiger partial charge in [-0.3, -0.25) is 24.6 Å². The maximum Gasteiger partial charge on any atom is 0.410 e. The van der Waals surface area contributed by atoms with Gasteiger partial charge in [0.15, 0.2) is 0 Å². The zero-order valence-corrected chi connectivity index (χ0v) is 13.7. The van der Waals surface area contributed by atoms with Crippen LogP contribution in [0.25, 0.3) is 0 Å². The van der Waals surface area contributed by atoms with E-state index in [0.29, 0.717) is 4.90 Å². The second kappa shape index (κ2) is 6.86. The van der Waals surface area contributed by atoms with E-state index in [4.69, 9.17) is 0 Å². The summed E-state index contributed by atoms with van der Waals surface area (Å²) in [6.45, 7) is -0.918. The molecule has 10 heteroatoms. The molecular formula is C17H14F3N3O4. The molecule has 1 fully saturated rings. The topological polar surface area (TPSA) is 92.6 Å². The predicted octanol–water partition coefficient (Wildman–Crippen LogP) is 2.66. The van der Waals surface area contributed by atoms with Gasteiger partial charge in [-0.1, -0.05) is 30.4 Å². The predicted molar refractivity (Wildman–Crippen MR) is 88.5 cm³/mol. The summed E-state index contributed by atoms with van der Waals surface area (Å²) >= 11 is 0. The minimum absolute atomic E-state index is 0.136. The monoisotopic (exact) mass is 381 g/mol. The highest BCUT2D eigenvalue weighted by Gasteiger charge is 2.49. The highest BCUT2D eigenvalue weighted by Crippen LogP contribution is 2.33. The smallest absolute Gasteiger partial charge is 0.372 e. The summed E-state index contributed by atoms with van der Waals surface area (Å²) < 4.78 is 40.4. The summed E-state index contributed by atoms with van der Waals surface area (Å²) in [6.07, 6.45) is 1.32. The number of imide groups is 1. The van der Waals surface area contributed by atoms with Crippen LogP contribution in [0, 0.1) is 22.0 Å². The van der Waals surface area contributed by atoms with Crippen LogP contribution in [0.4, 0.5) is 24.5 Å². The summed E-state index contributed by atoms with van der Waals surface area (Å²) in [4.78, 5) is 35.3. The molecule has 1 N–H and O–H groups in total. The molecule has 1 aliphatic heterocycles. The van der Waals surface area contributed by atoms with Crippen molar-refractivity contribution in [1.29, 1.82) is 0 Å². The zero-order valence-electron chi connectivity index (χ0n) is 13.7. The number of nitro benzene ring substituents is 1. The number of allylic oxidation sites excluding steroid dienone is 2. The lowest BCUT2D eigenvalue weighted by molar-refractivity contribution is -0.384. The number of halogens is 3. The van der Waals surface area contributed by atoms with E-state index in [1.54, 1.807) is 12.2 Å². The van der Waals surface area contributed by atoms with Crippen LogP contribution < -0.4 is 5.32 Å². The molecule has 0 saturated carbocycles. The van der Waals surface area contributed by atoms with Gasteiger partial charge in [-0.15, -0.1) is 0 Å². The van der Waals surface area contributed by atoms with Gasteiger partial charge in [0.05, 0.1) is 23.3 Å². The summed E-state index contributed by atoms with van der Waals surface area (Å²) in [5.74, 6) is -2.98. The molecule has 0 spiro atoms. The van der Waals surface area contributed by atoms with E-state index in [1.165, 1.54) is 24.3 Å². The summed E-state index contributed by atoms with van der Waals surface area (Å²) in [6, 6.07) is 2.32. The molecule has 27 heavy (non-hydrogen) atoms. The Balaban J connectivity index is 1.82. The molecule has 2 aliphatic rings. The number of non-ortho nitro benzene ring substituents is 1. The van der Waals surface area contributed by atoms with Gasteiger partial charge in [0.25, 0.3) is 5.69 Å². The Labute approximate surface area is 151 Å². The number of anilines is 1. The van der Waals surface area contributed by atoms with Crippen LogP contribution in [-0.4, -0.2) is 40.4 Å². The number of nitro groups is 1. The van der Waals surface area contributed by atoms with E-state index >= 15 is 0 Å². The van der Waals surface area contributed by atoms with Crippen LogP contribution in [-0.2, 0) is 9.59 Å². The van der Waals surface area contributed by atoms with Crippen molar-refractivity contribution < 1.29 is 27.7 Å². The normalized spacial score (nSPS) is 22.7. The van der Waals surface area contributed by atoms with Gasteiger partial charge in [-0.2, -0.15) is 13.2 Å². The van der Waals surface area contributed by atoms with Gasteiger partial charge in [-0.25, -0.2) is 0 Å². The van der Waals surface area contributed by atoms with Crippen molar-refractivity contribution in [3.8, 4) is 0 Å². The van der Waals surface area contributed by atoms with Crippen molar-refractivity contribution in [2.75, 3.05) is 11.9 Å². The van der Waals surface area contributed by atoms with Crippen molar-refractivity contribution in [2.45, 2.75) is 12.2 Å². The van der Waals surface area contributed by atoms with E-state index < -0.39 is 47.3 Å². The van der Waals surface area contributed by atoms with Gasteiger partial charge in [0.2, 0.25) is 11.8 Å². The number of amides is 2. The van der Waals surface area contributed by atoms with Gasteiger partial charge < -0.3 is 5.32 Å². The SMILES string of the molecule is O=C1C2C=CC=CC2C(=O)N1CC(Nc1cccc([N+](=O)[O-])c1)C(F)(F)F. The van der Waals surface area contributed by atoms with Gasteiger partial charge in [0.1, 0.15) is 6.04 Å². The molecule has 1 aromatic rings. The first-order chi connectivity index (χ1) is 12.7. The van der Waals surface area contributed by atoms with Gasteiger partial charge >= 0.3 is 6.18 Å². The third kappa shape index (κ3) is 3.69. The van der Waals surface area contributed by atoms with Crippen LogP contribution >= 0.6 is 0 Å². The van der Waals surface area contributed by atoms with Crippen LogP contribution in [0.2, 0.25) is 0 Å². The average Bonchev–Trinajstić information content (AvgIpc) is 2.86. The number of benzene rings is 1. The fourth-order valence-electron chi connectivity index (χ4n) is 3.05. The maximum absolute atomic E-state index is 13.5. The maximum atomic E-state index is 13.5. The van der Waals surface area contributed by atoms with Crippen LogP contribution in [0.1, 0.15) is 0 Å². The average molecular weight is 381 g/mol. The Kier molecular flexibility index (Phi) is 4.73. The molecule has 1 aromatic carbocycles. The largest absolute Gasteiger partial charge is 0.410 e. The molecule has 0 bridgehead atoms. The van der Waals surface area contributed by atoms with Crippen molar-refractivity contribution >= 4 is 23.2 Å². The molecule has 142 valence electrons. The highest BCUT2D eigenvalue weighted by atomic mass is 19.4. The van der Waals surface area contributed by atoms with E-state index in [-0.39, 0.29) is 11.4 Å². The third-order valence-corrected chi connectivity index (χ3v) is 4.40. The second-order valence-electron chi connectivity index (χ2n) is 6.15. The number of alkyl halides is 3. The molecular weight excluding hydrogens is 367 g/mol. The lowest BCUT2D eigenvalue weighted by Crippen LogP contribution is -2.48. The lowest BCUT2D eigenvalue weighted by atomic mass is 9.91. The number of likely N-dealkylation sites (tertiary alicyclic amines) is 1. The van der Waals surface area contributed by atoms with Crippen LogP contribution in [0.3, 0.4) is 0 Å². The first-order valence-corrected chi connectivity index (χ1v) is 7.96. The molecule has 2 amide bonds. The number of hydrogen-bond acceptors (Lipinski definition) is 5. The number of fused-ring (bicyclic) bond motifs is 1. The number of rotatable bonds is 5. The lowest BCUT2D eigenvalue weighted by Gasteiger charge is -2.26. The van der Waals surface area contributed by atoms with E-state index in [2.05, 4.69) is 5.32 Å². The van der Waals surface area contributed by atoms with Crippen molar-refractivity contribution in [3.63, 3.8) is 0 Å². The minimum atomic E-state index is -4.79. The summed E-state index contributed by atoms with van der Waals surface area (Å²) in [5.41, 5.74) is -0.515. The van der Waals surface area contributed by atoms with Gasteiger partial charge in [0, 0.05) is 17.8 Å². The second-order valence-corrected chi connectivity index (χ2v) is 6.15. The van der Waals surface area contributed by atoms with Crippen LogP contribution in [0.5, 0.6) is 0 Å². The standard InChI is InChI=1S/C17H14F3N3O4/c18-17(19,20)14(21-10-4-3-5-11(8-10)23(26)27)9-22-15(24)12-6-1-2-7-13(12)16(22)25/h1-8,12-14,21H,9H2.